The van der Waals surface area contributed by atoms with Crippen LogP contribution in [0.5, 0.6) is 17.2 Å². The van der Waals surface area contributed by atoms with Crippen LogP contribution in [0.25, 0.3) is 17.1 Å². The molecule has 6 aromatic rings. The van der Waals surface area contributed by atoms with Gasteiger partial charge in [0, 0.05) is 44.4 Å². The molecule has 2 fully saturated rings. The van der Waals surface area contributed by atoms with Crippen LogP contribution in [0.1, 0.15) is 77.1 Å². The van der Waals surface area contributed by atoms with Crippen LogP contribution in [-0.4, -0.2) is 72.1 Å². The van der Waals surface area contributed by atoms with Crippen LogP contribution in [0.4, 0.5) is 33.6 Å². The molecule has 2 N–H and O–H groups in total. The summed E-state index contributed by atoms with van der Waals surface area (Å²) in [5.74, 6) is 0.643. The van der Waals surface area contributed by atoms with E-state index in [1.807, 2.05) is 70.5 Å². The van der Waals surface area contributed by atoms with E-state index in [-0.39, 0.29) is 72.3 Å². The lowest BCUT2D eigenvalue weighted by molar-refractivity contribution is -0.137. The van der Waals surface area contributed by atoms with Crippen molar-refractivity contribution in [3.05, 3.63) is 170 Å². The first-order valence-electron chi connectivity index (χ1n) is 25.2. The molecule has 4 aliphatic heterocycles. The van der Waals surface area contributed by atoms with Gasteiger partial charge in [0.2, 0.25) is 0 Å². The molecule has 1 aliphatic carbocycles. The first-order chi connectivity index (χ1) is 36.3. The Morgan fingerprint density at radius 3 is 2.36 bits per heavy atom. The maximum absolute atomic E-state index is 18.5. The summed E-state index contributed by atoms with van der Waals surface area (Å²) in [6.07, 6.45) is 1.36. The largest absolute Gasteiger partial charge is 0.497 e. The Balaban J connectivity index is 1.08. The summed E-state index contributed by atoms with van der Waals surface area (Å²) in [6, 6.07) is 27.5. The van der Waals surface area contributed by atoms with E-state index < -0.39 is 52.3 Å². The fraction of sp³-hybridized carbons (Fsp3) is 0.351. The molecule has 75 heavy (non-hydrogen) atoms. The Hall–Kier alpha value is -7.11. The number of hydrogen-bond donors (Lipinski definition) is 2. The number of fused-ring (bicyclic) bond motifs is 2. The fourth-order valence-corrected chi connectivity index (χ4v) is 11.8. The van der Waals surface area contributed by atoms with E-state index >= 15 is 22.0 Å². The Labute approximate surface area is 436 Å². The predicted molar refractivity (Wildman–Crippen MR) is 276 cm³/mol. The third-order valence-electron chi connectivity index (χ3n) is 15.1. The molecule has 0 amide bonds. The van der Waals surface area contributed by atoms with Gasteiger partial charge in [-0.3, -0.25) is 9.89 Å². The van der Waals surface area contributed by atoms with Gasteiger partial charge in [-0.05, 0) is 110 Å². The van der Waals surface area contributed by atoms with Gasteiger partial charge in [0.1, 0.15) is 48.4 Å². The first kappa shape index (κ1) is 50.1. The molecule has 2 saturated heterocycles. The van der Waals surface area contributed by atoms with Crippen LogP contribution in [-0.2, 0) is 37.0 Å². The number of methoxy groups -OCH3 is 2. The summed E-state index contributed by atoms with van der Waals surface area (Å²) in [5.41, 5.74) is 1.28. The van der Waals surface area contributed by atoms with Gasteiger partial charge in [-0.25, -0.2) is 18.7 Å². The molecule has 0 spiro atoms. The molecule has 0 saturated carbocycles. The van der Waals surface area contributed by atoms with Crippen molar-refractivity contribution < 1.29 is 40.9 Å². The second-order valence-electron chi connectivity index (χ2n) is 19.8. The maximum Gasteiger partial charge on any atom is 0.418 e. The normalized spacial score (nSPS) is 19.9. The van der Waals surface area contributed by atoms with E-state index in [1.165, 1.54) is 13.0 Å². The molecule has 3 atom stereocenters. The lowest BCUT2D eigenvalue weighted by Gasteiger charge is -2.37. The van der Waals surface area contributed by atoms with E-state index in [0.29, 0.717) is 49.1 Å². The standard InChI is InChI=1S/C57H56ClF5N8O4/c1-34-25-43(69(28-36-13-17-40(72-2)18-14-36)29-37-15-19-41(73-3)20-16-37)68-51(48(34)57(61,62)63)46-49(58)52-47-53(50(46)60)75-44(74-32-56-22-8-24-70(56)30-39(59)26-56)31-71(55(47)67-33-66-52)42-12-7-11-38-21-23-64-54(45(38)42)65-27-35-9-5-4-6-10-35/h4-6,9-10,13-21,23,25,31,39,42,67H,7-8,11-12,22,24,26-30,32-33H2,1-3H3,(H,64,65)/t39-,42-,56+/m1/s1. The second kappa shape index (κ2) is 20.5. The number of rotatable bonds is 15. The predicted octanol–water partition coefficient (Wildman–Crippen LogP) is 10.5. The van der Waals surface area contributed by atoms with Crippen molar-refractivity contribution in [2.24, 2.45) is 4.99 Å². The molecule has 0 radical (unpaired) electrons. The molecule has 6 heterocycles. The van der Waals surface area contributed by atoms with Gasteiger partial charge < -0.3 is 39.4 Å². The monoisotopic (exact) mass is 1050 g/mol. The van der Waals surface area contributed by atoms with Crippen molar-refractivity contribution in [1.82, 2.24) is 25.1 Å². The topological polar surface area (TPSA) is 109 Å². The van der Waals surface area contributed by atoms with Gasteiger partial charge in [-0.2, -0.15) is 13.2 Å². The number of aromatic nitrogens is 2. The zero-order chi connectivity index (χ0) is 52.0. The highest BCUT2D eigenvalue weighted by Crippen LogP contribution is 2.46. The van der Waals surface area contributed by atoms with Crippen LogP contribution in [0.15, 0.2) is 114 Å². The Kier molecular flexibility index (Phi) is 13.7. The quantitative estimate of drug-likeness (QED) is 0.0960. The molecular formula is C57H56ClF5N8O4. The van der Waals surface area contributed by atoms with Gasteiger partial charge in [0.25, 0.3) is 0 Å². The van der Waals surface area contributed by atoms with E-state index in [0.717, 1.165) is 47.1 Å². The molecular weight excluding hydrogens is 991 g/mol. The molecule has 390 valence electrons. The summed E-state index contributed by atoms with van der Waals surface area (Å²) in [5, 5.41) is 6.68. The number of alkyl halides is 4. The molecule has 2 aromatic heterocycles. The van der Waals surface area contributed by atoms with Crippen molar-refractivity contribution >= 4 is 29.1 Å². The number of anilines is 2. The number of benzene rings is 4. The average Bonchev–Trinajstić information content (AvgIpc) is 3.90. The molecule has 0 unspecified atom stereocenters. The van der Waals surface area contributed by atoms with Crippen LogP contribution in [0.3, 0.4) is 0 Å². The van der Waals surface area contributed by atoms with Gasteiger partial charge >= 0.3 is 12.1 Å². The lowest BCUT2D eigenvalue weighted by Crippen LogP contribution is -2.45. The molecule has 5 aliphatic rings. The lowest BCUT2D eigenvalue weighted by atomic mass is 9.87. The van der Waals surface area contributed by atoms with Crippen molar-refractivity contribution in [2.75, 3.05) is 50.8 Å². The third kappa shape index (κ3) is 9.76. The molecule has 11 rings (SSSR count). The highest BCUT2D eigenvalue weighted by molar-refractivity contribution is 6.33. The number of nitrogens with zero attached hydrogens (tertiary/aromatic N) is 6. The summed E-state index contributed by atoms with van der Waals surface area (Å²) in [7, 11) is 3.12. The minimum absolute atomic E-state index is 0.0176. The summed E-state index contributed by atoms with van der Waals surface area (Å²) in [4.78, 5) is 20.2. The Morgan fingerprint density at radius 1 is 0.947 bits per heavy atom. The number of halogens is 6. The van der Waals surface area contributed by atoms with E-state index in [4.69, 9.17) is 45.5 Å². The van der Waals surface area contributed by atoms with Crippen LogP contribution in [0, 0.1) is 12.7 Å². The highest BCUT2D eigenvalue weighted by atomic mass is 35.5. The minimum atomic E-state index is -5.01. The first-order valence-corrected chi connectivity index (χ1v) is 25.6. The number of aryl methyl sites for hydroxylation is 2. The summed E-state index contributed by atoms with van der Waals surface area (Å²) >= 11 is 7.35. The van der Waals surface area contributed by atoms with Crippen LogP contribution < -0.4 is 40.3 Å². The Morgan fingerprint density at radius 2 is 1.67 bits per heavy atom. The fourth-order valence-electron chi connectivity index (χ4n) is 11.5. The van der Waals surface area contributed by atoms with Crippen molar-refractivity contribution in [2.45, 2.75) is 89.0 Å². The van der Waals surface area contributed by atoms with Crippen molar-refractivity contribution in [1.29, 1.82) is 0 Å². The zero-order valence-electron chi connectivity index (χ0n) is 41.7. The number of nitrogens with one attached hydrogen (secondary N) is 2. The van der Waals surface area contributed by atoms with E-state index in [1.54, 1.807) is 50.9 Å². The van der Waals surface area contributed by atoms with Crippen molar-refractivity contribution in [3.63, 3.8) is 0 Å². The number of hydrogen-bond acceptors (Lipinski definition) is 12. The van der Waals surface area contributed by atoms with Gasteiger partial charge in [-0.1, -0.05) is 66.2 Å². The van der Waals surface area contributed by atoms with Gasteiger partial charge in [-0.15, -0.1) is 0 Å². The third-order valence-corrected chi connectivity index (χ3v) is 15.4. The minimum Gasteiger partial charge on any atom is -0.497 e. The SMILES string of the molecule is COc1ccc(CN(Cc2ccc(OC)cc2)c2cc(C)c(C(F)(F)F)c(-c3c(F)c4c5c(c3Cl)=NCNC=5N([C@@H]3CCCc5ccnc(NCc6ccccc6)c53)C=C(OC[C@@]35CCCN3C[C@H](F)C5)O4)n2)cc1. The highest BCUT2D eigenvalue weighted by Gasteiger charge is 2.50. The summed E-state index contributed by atoms with van der Waals surface area (Å²) < 4.78 is 105. The zero-order valence-corrected chi connectivity index (χ0v) is 42.5. The Bertz CT molecular complexity index is 3230. The van der Waals surface area contributed by atoms with Crippen LogP contribution >= 0.6 is 11.6 Å². The van der Waals surface area contributed by atoms with Gasteiger partial charge in [0.15, 0.2) is 11.6 Å². The molecule has 0 bridgehead atoms. The maximum atomic E-state index is 18.5. The molecule has 4 aromatic carbocycles. The number of ether oxygens (including phenoxy) is 4. The van der Waals surface area contributed by atoms with Gasteiger partial charge in [0.05, 0.1) is 64.4 Å². The van der Waals surface area contributed by atoms with Crippen molar-refractivity contribution in [3.8, 4) is 28.5 Å². The molecule has 18 heteroatoms. The summed E-state index contributed by atoms with van der Waals surface area (Å²) in [6.45, 7) is 3.17. The average molecular weight is 1050 g/mol. The van der Waals surface area contributed by atoms with E-state index in [2.05, 4.69) is 15.5 Å². The van der Waals surface area contributed by atoms with E-state index in [9.17, 15) is 0 Å². The number of pyridine rings is 2. The van der Waals surface area contributed by atoms with Crippen LogP contribution in [0.2, 0.25) is 5.02 Å². The molecule has 12 nitrogen and oxygen atoms in total. The second-order valence-corrected chi connectivity index (χ2v) is 20.1. The smallest absolute Gasteiger partial charge is 0.418 e.